The monoisotopic (exact) mass is 225 g/mol. The molecule has 0 radical (unpaired) electrons. The Bertz CT molecular complexity index is 417. The number of hydrogen-bond donors (Lipinski definition) is 0. The first kappa shape index (κ1) is 12.1. The molecule has 6 nitrogen and oxygen atoms in total. The number of methoxy groups -OCH3 is 2. The molecule has 0 bridgehead atoms. The van der Waals surface area contributed by atoms with Crippen LogP contribution in [0.1, 0.15) is 27.9 Å². The number of rotatable bonds is 3. The van der Waals surface area contributed by atoms with Crippen LogP contribution in [-0.2, 0) is 16.0 Å². The van der Waals surface area contributed by atoms with E-state index in [0.717, 1.165) is 0 Å². The summed E-state index contributed by atoms with van der Waals surface area (Å²) in [5.74, 6) is -1.28. The molecule has 16 heavy (non-hydrogen) atoms. The van der Waals surface area contributed by atoms with Crippen molar-refractivity contribution in [3.8, 4) is 0 Å². The highest BCUT2D eigenvalue weighted by Crippen LogP contribution is 2.03. The normalized spacial score (nSPS) is 9.69. The Hall–Kier alpha value is -1.98. The summed E-state index contributed by atoms with van der Waals surface area (Å²) in [7, 11) is 2.48. The van der Waals surface area contributed by atoms with Crippen molar-refractivity contribution in [3.63, 3.8) is 0 Å². The van der Waals surface area contributed by atoms with E-state index in [1.54, 1.807) is 10.8 Å². The maximum absolute atomic E-state index is 11.5. The number of carbonyl (C=O) groups is 2. The molecule has 1 heterocycles. The van der Waals surface area contributed by atoms with Gasteiger partial charge in [-0.3, -0.25) is 0 Å². The van der Waals surface area contributed by atoms with Gasteiger partial charge in [0.15, 0.2) is 6.20 Å². The maximum Gasteiger partial charge on any atom is 0.406 e. The lowest BCUT2D eigenvalue weighted by Crippen LogP contribution is -2.42. The van der Waals surface area contributed by atoms with E-state index in [4.69, 9.17) is 0 Å². The van der Waals surface area contributed by atoms with Crippen LogP contribution in [0, 0.1) is 0 Å². The van der Waals surface area contributed by atoms with Gasteiger partial charge in [-0.15, -0.1) is 0 Å². The van der Waals surface area contributed by atoms with Crippen LogP contribution >= 0.6 is 0 Å². The number of aryl methyl sites for hydroxylation is 1. The van der Waals surface area contributed by atoms with Crippen LogP contribution in [0.25, 0.3) is 0 Å². The van der Waals surface area contributed by atoms with Crippen LogP contribution in [0.4, 0.5) is 0 Å². The molecule has 0 aliphatic heterocycles. The Labute approximate surface area is 92.8 Å². The molecular weight excluding hydrogens is 212 g/mol. The van der Waals surface area contributed by atoms with Gasteiger partial charge in [0, 0.05) is 0 Å². The summed E-state index contributed by atoms with van der Waals surface area (Å²) in [5, 5.41) is 0. The Morgan fingerprint density at radius 2 is 1.94 bits per heavy atom. The van der Waals surface area contributed by atoms with Crippen molar-refractivity contribution < 1.29 is 23.6 Å². The number of nitrogens with zero attached hydrogens (tertiary/aromatic N) is 2. The highest BCUT2D eigenvalue weighted by Gasteiger charge is 2.30. The second-order valence-electron chi connectivity index (χ2n) is 2.89. The van der Waals surface area contributed by atoms with Crippen molar-refractivity contribution in [1.82, 2.24) is 4.98 Å². The van der Waals surface area contributed by atoms with Gasteiger partial charge in [0.1, 0.15) is 6.54 Å². The summed E-state index contributed by atoms with van der Waals surface area (Å²) in [6, 6.07) is 0. The minimum atomic E-state index is -0.664. The third-order valence-corrected chi connectivity index (χ3v) is 2.06. The largest absolute Gasteiger partial charge is 0.464 e. The topological polar surface area (TPSA) is 69.4 Å². The summed E-state index contributed by atoms with van der Waals surface area (Å²) >= 11 is 0. The fourth-order valence-corrected chi connectivity index (χ4v) is 1.28. The lowest BCUT2D eigenvalue weighted by atomic mass is 10.3. The molecule has 86 valence electrons. The standard InChI is InChI=1S/C10H13N2O4/c1-4-12-6-5-11-7(9(13)15-2)8(12)10(14)16-3/h5-6H,4H2,1-3H3/q+1. The maximum atomic E-state index is 11.5. The van der Waals surface area contributed by atoms with Crippen molar-refractivity contribution in [2.75, 3.05) is 14.2 Å². The zero-order chi connectivity index (χ0) is 12.1. The van der Waals surface area contributed by atoms with Crippen molar-refractivity contribution in [3.05, 3.63) is 23.8 Å². The Morgan fingerprint density at radius 3 is 2.44 bits per heavy atom. The van der Waals surface area contributed by atoms with Gasteiger partial charge in [-0.2, -0.15) is 4.57 Å². The summed E-state index contributed by atoms with van der Waals surface area (Å²) < 4.78 is 10.7. The first-order valence-corrected chi connectivity index (χ1v) is 4.70. The molecule has 0 fully saturated rings. The van der Waals surface area contributed by atoms with Gasteiger partial charge in [0.2, 0.25) is 5.69 Å². The molecule has 1 aromatic heterocycles. The molecule has 0 aliphatic carbocycles. The first-order chi connectivity index (χ1) is 7.65. The summed E-state index contributed by atoms with van der Waals surface area (Å²) in [5.41, 5.74) is 0.0538. The van der Waals surface area contributed by atoms with Crippen LogP contribution < -0.4 is 4.57 Å². The molecular formula is C10H13N2O4+. The Morgan fingerprint density at radius 1 is 1.31 bits per heavy atom. The summed E-state index contributed by atoms with van der Waals surface area (Å²) in [6.45, 7) is 2.37. The molecule has 1 rings (SSSR count). The lowest BCUT2D eigenvalue weighted by molar-refractivity contribution is -0.696. The Balaban J connectivity index is 3.37. The smallest absolute Gasteiger partial charge is 0.406 e. The lowest BCUT2D eigenvalue weighted by Gasteiger charge is -2.03. The third kappa shape index (κ3) is 2.16. The third-order valence-electron chi connectivity index (χ3n) is 2.06. The number of hydrogen-bond acceptors (Lipinski definition) is 5. The van der Waals surface area contributed by atoms with Gasteiger partial charge in [-0.1, -0.05) is 0 Å². The Kier molecular flexibility index (Phi) is 3.93. The van der Waals surface area contributed by atoms with Crippen molar-refractivity contribution in [2.24, 2.45) is 0 Å². The molecule has 0 amide bonds. The quantitative estimate of drug-likeness (QED) is 0.533. The van der Waals surface area contributed by atoms with E-state index in [2.05, 4.69) is 14.5 Å². The van der Waals surface area contributed by atoms with Gasteiger partial charge in [0.05, 0.1) is 20.4 Å². The first-order valence-electron chi connectivity index (χ1n) is 4.70. The number of aromatic nitrogens is 2. The van der Waals surface area contributed by atoms with Crippen LogP contribution in [0.3, 0.4) is 0 Å². The second kappa shape index (κ2) is 5.20. The van der Waals surface area contributed by atoms with Crippen LogP contribution in [0.5, 0.6) is 0 Å². The van der Waals surface area contributed by atoms with E-state index in [0.29, 0.717) is 6.54 Å². The van der Waals surface area contributed by atoms with E-state index in [9.17, 15) is 9.59 Å². The number of carbonyl (C=O) groups excluding carboxylic acids is 2. The minimum absolute atomic E-state index is 0.0429. The van der Waals surface area contributed by atoms with Gasteiger partial charge in [-0.25, -0.2) is 14.6 Å². The predicted octanol–water partition coefficient (Wildman–Crippen LogP) is -0.0378. The molecule has 0 unspecified atom stereocenters. The highest BCUT2D eigenvalue weighted by atomic mass is 16.5. The summed E-state index contributed by atoms with van der Waals surface area (Å²) in [6.07, 6.45) is 3.03. The number of ether oxygens (including phenoxy) is 2. The van der Waals surface area contributed by atoms with Gasteiger partial charge >= 0.3 is 17.6 Å². The fourth-order valence-electron chi connectivity index (χ4n) is 1.28. The van der Waals surface area contributed by atoms with E-state index in [1.165, 1.54) is 20.4 Å². The molecule has 0 N–H and O–H groups in total. The van der Waals surface area contributed by atoms with Crippen LogP contribution in [0.2, 0.25) is 0 Å². The van der Waals surface area contributed by atoms with Crippen molar-refractivity contribution in [2.45, 2.75) is 13.5 Å². The minimum Gasteiger partial charge on any atom is -0.464 e. The second-order valence-corrected chi connectivity index (χ2v) is 2.89. The van der Waals surface area contributed by atoms with Crippen molar-refractivity contribution in [1.29, 1.82) is 0 Å². The van der Waals surface area contributed by atoms with Crippen LogP contribution in [-0.4, -0.2) is 31.1 Å². The molecule has 1 aromatic rings. The SMILES string of the molecule is CC[n+]1ccnc(C(=O)OC)c1C(=O)OC. The van der Waals surface area contributed by atoms with Crippen LogP contribution in [0.15, 0.2) is 12.4 Å². The number of esters is 2. The molecule has 0 saturated carbocycles. The molecule has 0 saturated heterocycles. The fraction of sp³-hybridized carbons (Fsp3) is 0.400. The van der Waals surface area contributed by atoms with E-state index in [1.807, 2.05) is 6.92 Å². The predicted molar refractivity (Wildman–Crippen MR) is 52.8 cm³/mol. The molecule has 0 spiro atoms. The van der Waals surface area contributed by atoms with Crippen molar-refractivity contribution >= 4 is 11.9 Å². The average Bonchev–Trinajstić information content (AvgIpc) is 2.35. The highest BCUT2D eigenvalue weighted by molar-refractivity contribution is 5.99. The summed E-state index contributed by atoms with van der Waals surface area (Å²) in [4.78, 5) is 26.8. The zero-order valence-electron chi connectivity index (χ0n) is 9.39. The van der Waals surface area contributed by atoms with E-state index < -0.39 is 11.9 Å². The zero-order valence-corrected chi connectivity index (χ0v) is 9.39. The molecule has 0 aromatic carbocycles. The van der Waals surface area contributed by atoms with Gasteiger partial charge < -0.3 is 9.47 Å². The molecule has 6 heteroatoms. The molecule has 0 atom stereocenters. The average molecular weight is 225 g/mol. The van der Waals surface area contributed by atoms with E-state index >= 15 is 0 Å². The molecule has 0 aliphatic rings. The van der Waals surface area contributed by atoms with Gasteiger partial charge in [-0.05, 0) is 6.92 Å². The van der Waals surface area contributed by atoms with Gasteiger partial charge in [0.25, 0.3) is 0 Å². The van der Waals surface area contributed by atoms with E-state index in [-0.39, 0.29) is 11.4 Å².